The number of anilines is 1. The van der Waals surface area contributed by atoms with E-state index in [0.717, 1.165) is 11.1 Å². The third-order valence-electron chi connectivity index (χ3n) is 4.59. The minimum absolute atomic E-state index is 0.0133. The highest BCUT2D eigenvalue weighted by Crippen LogP contribution is 2.29. The lowest BCUT2D eigenvalue weighted by atomic mass is 10.1. The van der Waals surface area contributed by atoms with Gasteiger partial charge in [-0.15, -0.1) is 0 Å². The van der Waals surface area contributed by atoms with Crippen molar-refractivity contribution in [1.82, 2.24) is 0 Å². The van der Waals surface area contributed by atoms with Crippen molar-refractivity contribution in [2.75, 3.05) is 5.32 Å². The highest BCUT2D eigenvalue weighted by atomic mass is 79.9. The predicted octanol–water partition coefficient (Wildman–Crippen LogP) is 6.03. The van der Waals surface area contributed by atoms with Crippen molar-refractivity contribution in [3.8, 4) is 11.8 Å². The summed E-state index contributed by atoms with van der Waals surface area (Å²) in [4.78, 5) is 12.7. The first-order valence-corrected chi connectivity index (χ1v) is 12.2. The second kappa shape index (κ2) is 10.2. The highest BCUT2D eigenvalue weighted by Gasteiger charge is 2.19. The average molecular weight is 546 g/mol. The summed E-state index contributed by atoms with van der Waals surface area (Å²) in [5, 5.41) is 12.7. The minimum Gasteiger partial charge on any atom is -0.378 e. The Kier molecular flexibility index (Phi) is 7.59. The number of aryl methyl sites for hydroxylation is 2. The molecule has 0 atom stereocenters. The summed E-state index contributed by atoms with van der Waals surface area (Å²) in [6.07, 6.45) is 1.26. The smallest absolute Gasteiger partial charge is 0.339 e. The molecule has 3 aromatic rings. The van der Waals surface area contributed by atoms with E-state index in [0.29, 0.717) is 15.2 Å². The Morgan fingerprint density at radius 1 is 1.09 bits per heavy atom. The van der Waals surface area contributed by atoms with Crippen LogP contribution in [-0.4, -0.2) is 14.3 Å². The molecule has 0 heterocycles. The summed E-state index contributed by atoms with van der Waals surface area (Å²) in [5.74, 6) is -0.701. The molecule has 1 amide bonds. The summed E-state index contributed by atoms with van der Waals surface area (Å²) in [6, 6.07) is 17.6. The number of hydrogen-bond donors (Lipinski definition) is 1. The summed E-state index contributed by atoms with van der Waals surface area (Å²) >= 11 is 9.31. The van der Waals surface area contributed by atoms with E-state index in [1.807, 2.05) is 13.0 Å². The number of carbonyl (C=O) groups excluding carboxylic acids is 1. The van der Waals surface area contributed by atoms with Gasteiger partial charge in [-0.3, -0.25) is 4.79 Å². The number of nitrogens with zero attached hydrogens (tertiary/aromatic N) is 1. The molecule has 9 heteroatoms. The molecule has 33 heavy (non-hydrogen) atoms. The largest absolute Gasteiger partial charge is 0.378 e. The number of halogens is 2. The molecule has 0 aliphatic heterocycles. The van der Waals surface area contributed by atoms with E-state index in [4.69, 9.17) is 15.8 Å². The SMILES string of the molecule is Cc1ccc(S(=O)(=O)Oc2ccc(Br)cc2/C=C(\C#N)C(=O)Nc2cc(Cl)ccc2C)cc1. The summed E-state index contributed by atoms with van der Waals surface area (Å²) in [7, 11) is -4.13. The van der Waals surface area contributed by atoms with E-state index in [2.05, 4.69) is 21.2 Å². The molecule has 0 aliphatic rings. The minimum atomic E-state index is -4.13. The number of nitriles is 1. The molecule has 6 nitrogen and oxygen atoms in total. The van der Waals surface area contributed by atoms with Crippen LogP contribution in [0.5, 0.6) is 5.75 Å². The van der Waals surface area contributed by atoms with Crippen LogP contribution >= 0.6 is 27.5 Å². The van der Waals surface area contributed by atoms with Crippen molar-refractivity contribution in [2.24, 2.45) is 0 Å². The lowest BCUT2D eigenvalue weighted by Crippen LogP contribution is -2.14. The molecule has 0 aromatic heterocycles. The van der Waals surface area contributed by atoms with Crippen LogP contribution in [0.1, 0.15) is 16.7 Å². The van der Waals surface area contributed by atoms with E-state index in [1.165, 1.54) is 24.3 Å². The number of amides is 1. The molecule has 0 saturated carbocycles. The second-order valence-corrected chi connectivity index (χ2v) is 10.0. The van der Waals surface area contributed by atoms with Crippen molar-refractivity contribution >= 4 is 55.3 Å². The fourth-order valence-corrected chi connectivity index (χ4v) is 4.31. The van der Waals surface area contributed by atoms with E-state index >= 15 is 0 Å². The third kappa shape index (κ3) is 6.23. The zero-order chi connectivity index (χ0) is 24.2. The fourth-order valence-electron chi connectivity index (χ4n) is 2.80. The van der Waals surface area contributed by atoms with Gasteiger partial charge < -0.3 is 9.50 Å². The van der Waals surface area contributed by atoms with Crippen molar-refractivity contribution < 1.29 is 17.4 Å². The lowest BCUT2D eigenvalue weighted by molar-refractivity contribution is -0.112. The first kappa shape index (κ1) is 24.5. The van der Waals surface area contributed by atoms with Crippen LogP contribution in [0.3, 0.4) is 0 Å². The van der Waals surface area contributed by atoms with Crippen LogP contribution in [0.4, 0.5) is 5.69 Å². The second-order valence-electron chi connectivity index (χ2n) is 7.12. The molecule has 0 spiro atoms. The van der Waals surface area contributed by atoms with Crippen LogP contribution in [0.15, 0.2) is 75.6 Å². The van der Waals surface area contributed by atoms with E-state index in [-0.39, 0.29) is 21.8 Å². The summed E-state index contributed by atoms with van der Waals surface area (Å²) in [6.45, 7) is 3.63. The Labute approximate surface area is 205 Å². The van der Waals surface area contributed by atoms with Gasteiger partial charge in [0, 0.05) is 20.7 Å². The molecule has 1 N–H and O–H groups in total. The van der Waals surface area contributed by atoms with Crippen molar-refractivity contribution in [1.29, 1.82) is 5.26 Å². The Hall–Kier alpha value is -3.12. The zero-order valence-electron chi connectivity index (χ0n) is 17.6. The fraction of sp³-hybridized carbons (Fsp3) is 0.0833. The van der Waals surface area contributed by atoms with E-state index in [1.54, 1.807) is 49.4 Å². The number of hydrogen-bond acceptors (Lipinski definition) is 5. The molecule has 168 valence electrons. The third-order valence-corrected chi connectivity index (χ3v) is 6.57. The van der Waals surface area contributed by atoms with Crippen molar-refractivity contribution in [3.63, 3.8) is 0 Å². The molecule has 3 aromatic carbocycles. The molecule has 0 fully saturated rings. The van der Waals surface area contributed by atoms with Crippen LogP contribution in [0, 0.1) is 25.2 Å². The molecule has 3 rings (SSSR count). The molecule has 0 aliphatic carbocycles. The average Bonchev–Trinajstić information content (AvgIpc) is 2.76. The normalized spacial score (nSPS) is 11.5. The molecule has 0 bridgehead atoms. The molecule has 0 unspecified atom stereocenters. The van der Waals surface area contributed by atoms with Crippen LogP contribution < -0.4 is 9.50 Å². The van der Waals surface area contributed by atoms with Gasteiger partial charge in [0.1, 0.15) is 22.3 Å². The van der Waals surface area contributed by atoms with Gasteiger partial charge >= 0.3 is 10.1 Å². The van der Waals surface area contributed by atoms with Gasteiger partial charge in [-0.25, -0.2) is 0 Å². The Morgan fingerprint density at radius 2 is 1.79 bits per heavy atom. The van der Waals surface area contributed by atoms with Crippen molar-refractivity contribution in [2.45, 2.75) is 18.7 Å². The van der Waals surface area contributed by atoms with Gasteiger partial charge in [-0.2, -0.15) is 13.7 Å². The van der Waals surface area contributed by atoms with Gasteiger partial charge in [0.2, 0.25) is 0 Å². The zero-order valence-corrected chi connectivity index (χ0v) is 20.8. The van der Waals surface area contributed by atoms with Gasteiger partial charge in [0.15, 0.2) is 0 Å². The van der Waals surface area contributed by atoms with Crippen LogP contribution in [-0.2, 0) is 14.9 Å². The quantitative estimate of drug-likeness (QED) is 0.232. The van der Waals surface area contributed by atoms with E-state index in [9.17, 15) is 18.5 Å². The van der Waals surface area contributed by atoms with Gasteiger partial charge in [-0.05, 0) is 68.0 Å². The highest BCUT2D eigenvalue weighted by molar-refractivity contribution is 9.10. The Balaban J connectivity index is 1.95. The van der Waals surface area contributed by atoms with Gasteiger partial charge in [-0.1, -0.05) is 51.3 Å². The number of rotatable bonds is 6. The topological polar surface area (TPSA) is 96.3 Å². The summed E-state index contributed by atoms with van der Waals surface area (Å²) in [5.41, 5.74) is 2.11. The molecular formula is C24H18BrClN2O4S. The van der Waals surface area contributed by atoms with Crippen LogP contribution in [0.2, 0.25) is 5.02 Å². The molecule has 0 radical (unpaired) electrons. The van der Waals surface area contributed by atoms with Gasteiger partial charge in [0.25, 0.3) is 5.91 Å². The monoisotopic (exact) mass is 544 g/mol. The number of nitrogens with one attached hydrogen (secondary N) is 1. The van der Waals surface area contributed by atoms with Crippen LogP contribution in [0.25, 0.3) is 6.08 Å². The molecule has 0 saturated heterocycles. The predicted molar refractivity (Wildman–Crippen MR) is 132 cm³/mol. The lowest BCUT2D eigenvalue weighted by Gasteiger charge is -2.11. The maximum atomic E-state index is 12.7. The van der Waals surface area contributed by atoms with Crippen molar-refractivity contribution in [3.05, 3.63) is 92.4 Å². The van der Waals surface area contributed by atoms with Gasteiger partial charge in [0.05, 0.1) is 0 Å². The first-order valence-electron chi connectivity index (χ1n) is 9.59. The maximum absolute atomic E-state index is 12.7. The first-order chi connectivity index (χ1) is 15.6. The molecular weight excluding hydrogens is 528 g/mol. The number of benzene rings is 3. The maximum Gasteiger partial charge on any atom is 0.339 e. The summed E-state index contributed by atoms with van der Waals surface area (Å²) < 4.78 is 31.4. The van der Waals surface area contributed by atoms with E-state index < -0.39 is 16.0 Å². The standard InChI is InChI=1S/C24H18BrClN2O4S/c1-15-3-8-21(9-4-15)33(30,31)32-23-10-6-19(25)12-17(23)11-18(14-27)24(29)28-22-13-20(26)7-5-16(22)2/h3-13H,1-2H3,(H,28,29)/b18-11+. The Bertz CT molecular complexity index is 1390. The Morgan fingerprint density at radius 3 is 2.45 bits per heavy atom. The number of carbonyl (C=O) groups is 1.